The van der Waals surface area contributed by atoms with E-state index in [1.807, 2.05) is 30.3 Å². The summed E-state index contributed by atoms with van der Waals surface area (Å²) in [5.41, 5.74) is 6.21. The summed E-state index contributed by atoms with van der Waals surface area (Å²) >= 11 is 7.39. The van der Waals surface area contributed by atoms with E-state index in [0.717, 1.165) is 5.56 Å². The van der Waals surface area contributed by atoms with Crippen molar-refractivity contribution in [3.05, 3.63) is 64.7 Å². The quantitative estimate of drug-likeness (QED) is 0.756. The Hall–Kier alpha value is -2.18. The zero-order valence-electron chi connectivity index (χ0n) is 13.9. The minimum Gasteiger partial charge on any atom is -0.496 e. The lowest BCUT2D eigenvalue weighted by molar-refractivity contribution is -0.121. The summed E-state index contributed by atoms with van der Waals surface area (Å²) in [5, 5.41) is 0.0887. The van der Waals surface area contributed by atoms with Gasteiger partial charge in [-0.05, 0) is 30.7 Å². The number of methoxy groups -OCH3 is 1. The first-order valence-electron chi connectivity index (χ1n) is 7.60. The van der Waals surface area contributed by atoms with E-state index >= 15 is 0 Å². The number of amides is 2. The summed E-state index contributed by atoms with van der Waals surface area (Å²) in [6, 6.07) is 14.6. The second kappa shape index (κ2) is 9.34. The van der Waals surface area contributed by atoms with E-state index in [1.54, 1.807) is 19.1 Å². The van der Waals surface area contributed by atoms with Gasteiger partial charge in [-0.25, -0.2) is 0 Å². The molecule has 0 saturated heterocycles. The topological polar surface area (TPSA) is 67.4 Å². The number of halogens is 1. The highest BCUT2D eigenvalue weighted by atomic mass is 35.5. The van der Waals surface area contributed by atoms with Crippen LogP contribution < -0.4 is 15.6 Å². The van der Waals surface area contributed by atoms with Crippen LogP contribution in [0.5, 0.6) is 5.75 Å². The molecule has 2 N–H and O–H groups in total. The largest absolute Gasteiger partial charge is 0.496 e. The number of hydrazine groups is 1. The molecule has 0 aliphatic rings. The van der Waals surface area contributed by atoms with Crippen molar-refractivity contribution in [1.82, 2.24) is 10.9 Å². The molecule has 0 spiro atoms. The third-order valence-corrected chi connectivity index (χ3v) is 4.87. The van der Waals surface area contributed by atoms with Crippen LogP contribution in [-0.2, 0) is 10.5 Å². The lowest BCUT2D eigenvalue weighted by atomic mass is 10.2. The Labute approximate surface area is 156 Å². The first-order valence-corrected chi connectivity index (χ1v) is 9.03. The second-order valence-corrected chi connectivity index (χ2v) is 6.99. The number of hydrogen-bond acceptors (Lipinski definition) is 4. The van der Waals surface area contributed by atoms with Crippen molar-refractivity contribution in [2.75, 3.05) is 7.11 Å². The summed E-state index contributed by atoms with van der Waals surface area (Å²) in [4.78, 5) is 24.3. The number of thioether (sulfide) groups is 1. The fraction of sp³-hybridized carbons (Fsp3) is 0.222. The second-order valence-electron chi connectivity index (χ2n) is 5.23. The maximum Gasteiger partial charge on any atom is 0.273 e. The maximum absolute atomic E-state index is 12.2. The monoisotopic (exact) mass is 378 g/mol. The first-order chi connectivity index (χ1) is 12.0. The molecule has 2 aromatic rings. The summed E-state index contributed by atoms with van der Waals surface area (Å²) in [5.74, 6) is 0.316. The number of carbonyl (C=O) groups is 2. The fourth-order valence-corrected chi connectivity index (χ4v) is 3.03. The molecule has 5 nitrogen and oxygen atoms in total. The van der Waals surface area contributed by atoms with Crippen molar-refractivity contribution >= 4 is 35.2 Å². The molecule has 0 radical (unpaired) electrons. The van der Waals surface area contributed by atoms with Crippen molar-refractivity contribution in [2.45, 2.75) is 17.9 Å². The standard InChI is InChI=1S/C18H19ClN2O3S/c1-12(25-11-13-6-4-3-5-7-13)17(22)20-21-18(23)15-10-14(19)8-9-16(15)24-2/h3-10,12H,11H2,1-2H3,(H,20,22)(H,21,23)/t12-/m1/s1. The van der Waals surface area contributed by atoms with E-state index in [0.29, 0.717) is 16.5 Å². The van der Waals surface area contributed by atoms with Crippen LogP contribution >= 0.6 is 23.4 Å². The molecule has 0 aliphatic carbocycles. The molecule has 0 heterocycles. The van der Waals surface area contributed by atoms with Gasteiger partial charge in [0.05, 0.1) is 17.9 Å². The van der Waals surface area contributed by atoms with Crippen LogP contribution in [-0.4, -0.2) is 24.2 Å². The van der Waals surface area contributed by atoms with E-state index in [-0.39, 0.29) is 16.7 Å². The molecule has 7 heteroatoms. The van der Waals surface area contributed by atoms with Gasteiger partial charge in [0.2, 0.25) is 0 Å². The molecular formula is C18H19ClN2O3S. The Balaban J connectivity index is 1.86. The molecule has 0 bridgehead atoms. The smallest absolute Gasteiger partial charge is 0.273 e. The summed E-state index contributed by atoms with van der Waals surface area (Å²) < 4.78 is 5.13. The van der Waals surface area contributed by atoms with E-state index in [4.69, 9.17) is 16.3 Å². The highest BCUT2D eigenvalue weighted by Gasteiger charge is 2.17. The van der Waals surface area contributed by atoms with Crippen LogP contribution in [0.3, 0.4) is 0 Å². The van der Waals surface area contributed by atoms with Gasteiger partial charge in [-0.2, -0.15) is 0 Å². The minimum absolute atomic E-state index is 0.250. The third kappa shape index (κ3) is 5.69. The zero-order valence-corrected chi connectivity index (χ0v) is 15.5. The molecule has 2 rings (SSSR count). The van der Waals surface area contributed by atoms with Crippen molar-refractivity contribution in [2.24, 2.45) is 0 Å². The van der Waals surface area contributed by atoms with Crippen LogP contribution in [0.2, 0.25) is 5.02 Å². The lowest BCUT2D eigenvalue weighted by Crippen LogP contribution is -2.45. The highest BCUT2D eigenvalue weighted by Crippen LogP contribution is 2.22. The Bertz CT molecular complexity index is 740. The van der Waals surface area contributed by atoms with Gasteiger partial charge in [-0.1, -0.05) is 41.9 Å². The van der Waals surface area contributed by atoms with Gasteiger partial charge in [0.1, 0.15) is 5.75 Å². The summed E-state index contributed by atoms with van der Waals surface area (Å²) in [6.45, 7) is 1.79. The average Bonchev–Trinajstić information content (AvgIpc) is 2.64. The number of carbonyl (C=O) groups excluding carboxylic acids is 2. The van der Waals surface area contributed by atoms with Crippen LogP contribution in [0.1, 0.15) is 22.8 Å². The number of ether oxygens (including phenoxy) is 1. The highest BCUT2D eigenvalue weighted by molar-refractivity contribution is 7.99. The fourth-order valence-electron chi connectivity index (χ4n) is 2.02. The maximum atomic E-state index is 12.2. The van der Waals surface area contributed by atoms with Gasteiger partial charge in [0.25, 0.3) is 11.8 Å². The van der Waals surface area contributed by atoms with E-state index in [2.05, 4.69) is 10.9 Å². The van der Waals surface area contributed by atoms with Crippen molar-refractivity contribution < 1.29 is 14.3 Å². The zero-order chi connectivity index (χ0) is 18.2. The Morgan fingerprint density at radius 2 is 1.88 bits per heavy atom. The Kier molecular flexibility index (Phi) is 7.16. The molecule has 2 aromatic carbocycles. The molecule has 2 amide bonds. The Morgan fingerprint density at radius 3 is 2.56 bits per heavy atom. The number of rotatable bonds is 6. The van der Waals surface area contributed by atoms with Gasteiger partial charge >= 0.3 is 0 Å². The summed E-state index contributed by atoms with van der Waals surface area (Å²) in [6.07, 6.45) is 0. The van der Waals surface area contributed by atoms with Crippen molar-refractivity contribution in [1.29, 1.82) is 0 Å². The molecular weight excluding hydrogens is 360 g/mol. The molecule has 0 unspecified atom stereocenters. The van der Waals surface area contributed by atoms with Crippen LogP contribution in [0.25, 0.3) is 0 Å². The van der Waals surface area contributed by atoms with Crippen molar-refractivity contribution in [3.8, 4) is 5.75 Å². The van der Waals surface area contributed by atoms with Gasteiger partial charge in [-0.3, -0.25) is 20.4 Å². The van der Waals surface area contributed by atoms with Crippen LogP contribution in [0.4, 0.5) is 0 Å². The lowest BCUT2D eigenvalue weighted by Gasteiger charge is -2.14. The molecule has 132 valence electrons. The number of nitrogens with one attached hydrogen (secondary N) is 2. The number of benzene rings is 2. The normalized spacial score (nSPS) is 11.5. The van der Waals surface area contributed by atoms with E-state index < -0.39 is 5.91 Å². The molecule has 0 aromatic heterocycles. The molecule has 0 aliphatic heterocycles. The Morgan fingerprint density at radius 1 is 1.16 bits per heavy atom. The van der Waals surface area contributed by atoms with Gasteiger partial charge in [0, 0.05) is 10.8 Å². The van der Waals surface area contributed by atoms with Gasteiger partial charge < -0.3 is 4.74 Å². The summed E-state index contributed by atoms with van der Waals surface area (Å²) in [7, 11) is 1.46. The predicted molar refractivity (Wildman–Crippen MR) is 101 cm³/mol. The van der Waals surface area contributed by atoms with Gasteiger partial charge in [0.15, 0.2) is 0 Å². The van der Waals surface area contributed by atoms with Crippen LogP contribution in [0.15, 0.2) is 48.5 Å². The van der Waals surface area contributed by atoms with E-state index in [9.17, 15) is 9.59 Å². The SMILES string of the molecule is COc1ccc(Cl)cc1C(=O)NNC(=O)[C@@H](C)SCc1ccccc1. The minimum atomic E-state index is -0.493. The predicted octanol–water partition coefficient (Wildman–Crippen LogP) is 3.43. The van der Waals surface area contributed by atoms with E-state index in [1.165, 1.54) is 24.9 Å². The molecule has 25 heavy (non-hydrogen) atoms. The molecule has 0 fully saturated rings. The van der Waals surface area contributed by atoms with Crippen LogP contribution in [0, 0.1) is 0 Å². The van der Waals surface area contributed by atoms with Gasteiger partial charge in [-0.15, -0.1) is 11.8 Å². The molecule has 1 atom stereocenters. The third-order valence-electron chi connectivity index (χ3n) is 3.42. The first kappa shape index (κ1) is 19.1. The average molecular weight is 379 g/mol. The number of hydrogen-bond donors (Lipinski definition) is 2. The van der Waals surface area contributed by atoms with Crippen molar-refractivity contribution in [3.63, 3.8) is 0 Å². The molecule has 0 saturated carbocycles.